The van der Waals surface area contributed by atoms with Crippen molar-refractivity contribution in [3.63, 3.8) is 0 Å². The zero-order valence-electron chi connectivity index (χ0n) is 11.1. The van der Waals surface area contributed by atoms with Gasteiger partial charge in [0.05, 0.1) is 5.92 Å². The van der Waals surface area contributed by atoms with Crippen LogP contribution in [0.3, 0.4) is 0 Å². The van der Waals surface area contributed by atoms with Gasteiger partial charge in [-0.3, -0.25) is 4.79 Å². The minimum atomic E-state index is 0. The molecule has 0 spiro atoms. The Morgan fingerprint density at radius 2 is 2.11 bits per heavy atom. The van der Waals surface area contributed by atoms with Crippen LogP contribution < -0.4 is 5.32 Å². The Balaban J connectivity index is 0.00000180. The number of hydrogen-bond acceptors (Lipinski definition) is 2. The molecule has 1 aliphatic rings. The lowest BCUT2D eigenvalue weighted by molar-refractivity contribution is -0.135. The zero-order chi connectivity index (χ0) is 13.0. The van der Waals surface area contributed by atoms with Crippen molar-refractivity contribution in [2.45, 2.75) is 19.4 Å². The maximum Gasteiger partial charge on any atom is 0.227 e. The number of benzene rings is 1. The van der Waals surface area contributed by atoms with Crippen LogP contribution in [0.5, 0.6) is 0 Å². The summed E-state index contributed by atoms with van der Waals surface area (Å²) in [7, 11) is 1.89. The van der Waals surface area contributed by atoms with Crippen LogP contribution in [0.1, 0.15) is 18.4 Å². The van der Waals surface area contributed by atoms with Crippen LogP contribution in [-0.2, 0) is 11.3 Å². The van der Waals surface area contributed by atoms with E-state index in [-0.39, 0.29) is 24.2 Å². The van der Waals surface area contributed by atoms with E-state index < -0.39 is 0 Å². The molecule has 1 saturated heterocycles. The molecule has 1 aromatic carbocycles. The van der Waals surface area contributed by atoms with Crippen molar-refractivity contribution in [2.24, 2.45) is 5.92 Å². The monoisotopic (exact) mass is 346 g/mol. The number of rotatable bonds is 3. The molecule has 0 aromatic heterocycles. The molecule has 1 N–H and O–H groups in total. The molecule has 0 radical (unpaired) electrons. The summed E-state index contributed by atoms with van der Waals surface area (Å²) in [5.74, 6) is 0.407. The smallest absolute Gasteiger partial charge is 0.227 e. The summed E-state index contributed by atoms with van der Waals surface area (Å²) >= 11 is 3.41. The van der Waals surface area contributed by atoms with Gasteiger partial charge >= 0.3 is 0 Å². The van der Waals surface area contributed by atoms with Gasteiger partial charge in [0, 0.05) is 24.6 Å². The number of carbonyl (C=O) groups excluding carboxylic acids is 1. The molecule has 2 rings (SSSR count). The van der Waals surface area contributed by atoms with Crippen molar-refractivity contribution in [3.05, 3.63) is 34.3 Å². The van der Waals surface area contributed by atoms with Crippen LogP contribution in [0.25, 0.3) is 0 Å². The number of halogens is 2. The fourth-order valence-electron chi connectivity index (χ4n) is 2.32. The molecule has 1 atom stereocenters. The second kappa shape index (κ2) is 7.88. The molecule has 19 heavy (non-hydrogen) atoms. The van der Waals surface area contributed by atoms with E-state index in [9.17, 15) is 4.79 Å². The quantitative estimate of drug-likeness (QED) is 0.912. The summed E-state index contributed by atoms with van der Waals surface area (Å²) in [6.45, 7) is 2.55. The van der Waals surface area contributed by atoms with Crippen LogP contribution in [-0.4, -0.2) is 30.9 Å². The Bertz CT molecular complexity index is 404. The van der Waals surface area contributed by atoms with Gasteiger partial charge in [0.15, 0.2) is 0 Å². The minimum Gasteiger partial charge on any atom is -0.341 e. The summed E-state index contributed by atoms with van der Waals surface area (Å²) in [5, 5.41) is 3.29. The van der Waals surface area contributed by atoms with E-state index in [2.05, 4.69) is 21.2 Å². The molecular weight excluding hydrogens is 328 g/mol. The molecule has 0 bridgehead atoms. The lowest BCUT2D eigenvalue weighted by Crippen LogP contribution is -2.41. The lowest BCUT2D eigenvalue weighted by Gasteiger charge is -2.27. The van der Waals surface area contributed by atoms with Crippen LogP contribution >= 0.6 is 28.3 Å². The van der Waals surface area contributed by atoms with Crippen molar-refractivity contribution in [2.75, 3.05) is 20.1 Å². The summed E-state index contributed by atoms with van der Waals surface area (Å²) < 4.78 is 1.07. The normalized spacial score (nSPS) is 18.5. The second-order valence-corrected chi connectivity index (χ2v) is 5.78. The van der Waals surface area contributed by atoms with Gasteiger partial charge in [-0.05, 0) is 37.1 Å². The third kappa shape index (κ3) is 4.79. The molecule has 1 amide bonds. The van der Waals surface area contributed by atoms with E-state index in [0.29, 0.717) is 6.54 Å². The molecule has 1 aromatic rings. The molecule has 1 heterocycles. The van der Waals surface area contributed by atoms with Crippen LogP contribution in [0.15, 0.2) is 28.7 Å². The number of amides is 1. The minimum absolute atomic E-state index is 0. The van der Waals surface area contributed by atoms with E-state index in [4.69, 9.17) is 0 Å². The van der Waals surface area contributed by atoms with Gasteiger partial charge in [-0.1, -0.05) is 28.1 Å². The van der Waals surface area contributed by atoms with Crippen LogP contribution in [0.2, 0.25) is 0 Å². The Hall–Kier alpha value is -0.580. The highest BCUT2D eigenvalue weighted by Gasteiger charge is 2.23. The Morgan fingerprint density at radius 1 is 1.42 bits per heavy atom. The number of carbonyl (C=O) groups is 1. The number of hydrogen-bond donors (Lipinski definition) is 1. The van der Waals surface area contributed by atoms with E-state index in [1.807, 2.05) is 36.2 Å². The average molecular weight is 348 g/mol. The van der Waals surface area contributed by atoms with Gasteiger partial charge in [-0.2, -0.15) is 0 Å². The van der Waals surface area contributed by atoms with Crippen molar-refractivity contribution in [1.29, 1.82) is 0 Å². The first-order valence-electron chi connectivity index (χ1n) is 6.37. The molecule has 0 aliphatic carbocycles. The van der Waals surface area contributed by atoms with Gasteiger partial charge in [-0.15, -0.1) is 12.4 Å². The summed E-state index contributed by atoms with van der Waals surface area (Å²) in [5.41, 5.74) is 1.16. The Kier molecular flexibility index (Phi) is 6.83. The fourth-order valence-corrected chi connectivity index (χ4v) is 2.58. The van der Waals surface area contributed by atoms with Crippen molar-refractivity contribution >= 4 is 34.2 Å². The topological polar surface area (TPSA) is 32.3 Å². The summed E-state index contributed by atoms with van der Waals surface area (Å²) in [6.07, 6.45) is 2.11. The number of nitrogens with one attached hydrogen (secondary N) is 1. The molecule has 1 fully saturated rings. The molecule has 0 unspecified atom stereocenters. The predicted octanol–water partition coefficient (Wildman–Crippen LogP) is 2.83. The Morgan fingerprint density at radius 3 is 2.68 bits per heavy atom. The highest BCUT2D eigenvalue weighted by atomic mass is 79.9. The third-order valence-corrected chi connectivity index (χ3v) is 3.88. The zero-order valence-corrected chi connectivity index (χ0v) is 13.5. The van der Waals surface area contributed by atoms with Gasteiger partial charge < -0.3 is 10.2 Å². The van der Waals surface area contributed by atoms with Gasteiger partial charge in [0.25, 0.3) is 0 Å². The molecule has 106 valence electrons. The Labute approximate surface area is 129 Å². The molecular formula is C14H20BrClN2O. The number of piperidine rings is 1. The highest BCUT2D eigenvalue weighted by Crippen LogP contribution is 2.16. The fraction of sp³-hybridized carbons (Fsp3) is 0.500. The van der Waals surface area contributed by atoms with E-state index in [0.717, 1.165) is 36.0 Å². The molecule has 5 heteroatoms. The second-order valence-electron chi connectivity index (χ2n) is 4.86. The van der Waals surface area contributed by atoms with Crippen molar-refractivity contribution in [1.82, 2.24) is 10.2 Å². The first-order valence-corrected chi connectivity index (χ1v) is 7.16. The van der Waals surface area contributed by atoms with E-state index in [1.165, 1.54) is 0 Å². The molecule has 1 aliphatic heterocycles. The van der Waals surface area contributed by atoms with Gasteiger partial charge in [0.1, 0.15) is 0 Å². The molecule has 3 nitrogen and oxygen atoms in total. The SMILES string of the molecule is CN(Cc1ccc(Br)cc1)C(=O)[C@@H]1CCCNC1.Cl. The van der Waals surface area contributed by atoms with Gasteiger partial charge in [0.2, 0.25) is 5.91 Å². The van der Waals surface area contributed by atoms with Crippen molar-refractivity contribution in [3.8, 4) is 0 Å². The number of nitrogens with zero attached hydrogens (tertiary/aromatic N) is 1. The summed E-state index contributed by atoms with van der Waals surface area (Å²) in [4.78, 5) is 14.1. The highest BCUT2D eigenvalue weighted by molar-refractivity contribution is 9.10. The van der Waals surface area contributed by atoms with Crippen LogP contribution in [0, 0.1) is 5.92 Å². The van der Waals surface area contributed by atoms with Crippen LogP contribution in [0.4, 0.5) is 0 Å². The molecule has 0 saturated carbocycles. The van der Waals surface area contributed by atoms with Gasteiger partial charge in [-0.25, -0.2) is 0 Å². The lowest BCUT2D eigenvalue weighted by atomic mass is 9.98. The standard InChI is InChI=1S/C14H19BrN2O.ClH/c1-17(10-11-4-6-13(15)7-5-11)14(18)12-3-2-8-16-9-12;/h4-7,12,16H,2-3,8-10H2,1H3;1H/t12-;/m1./s1. The third-order valence-electron chi connectivity index (χ3n) is 3.36. The average Bonchev–Trinajstić information content (AvgIpc) is 2.41. The largest absolute Gasteiger partial charge is 0.341 e. The maximum atomic E-state index is 12.2. The van der Waals surface area contributed by atoms with E-state index in [1.54, 1.807) is 0 Å². The summed E-state index contributed by atoms with van der Waals surface area (Å²) in [6, 6.07) is 8.12. The van der Waals surface area contributed by atoms with Crippen molar-refractivity contribution < 1.29 is 4.79 Å². The first-order chi connectivity index (χ1) is 8.66. The first kappa shape index (κ1) is 16.5. The van der Waals surface area contributed by atoms with E-state index >= 15 is 0 Å². The maximum absolute atomic E-state index is 12.2. The predicted molar refractivity (Wildman–Crippen MR) is 83.5 cm³/mol.